The van der Waals surface area contributed by atoms with Crippen molar-refractivity contribution in [1.29, 1.82) is 0 Å². The second-order valence-electron chi connectivity index (χ2n) is 6.82. The third kappa shape index (κ3) is 4.74. The fourth-order valence-corrected chi connectivity index (χ4v) is 3.48. The summed E-state index contributed by atoms with van der Waals surface area (Å²) in [5.41, 5.74) is 1.71. The van der Waals surface area contributed by atoms with Crippen molar-refractivity contribution in [1.82, 2.24) is 9.80 Å². The van der Waals surface area contributed by atoms with E-state index < -0.39 is 0 Å². The van der Waals surface area contributed by atoms with E-state index in [1.54, 1.807) is 46.6 Å². The number of hydrogen-bond acceptors (Lipinski definition) is 6. The van der Waals surface area contributed by atoms with E-state index in [0.717, 1.165) is 36.7 Å². The lowest BCUT2D eigenvalue weighted by molar-refractivity contribution is 0.0627. The number of hydrogen-bond donors (Lipinski definition) is 0. The summed E-state index contributed by atoms with van der Waals surface area (Å²) < 4.78 is 21.3. The maximum atomic E-state index is 12.9. The molecule has 1 amide bonds. The predicted molar refractivity (Wildman–Crippen MR) is 110 cm³/mol. The lowest BCUT2D eigenvalue weighted by Crippen LogP contribution is -2.48. The highest BCUT2D eigenvalue weighted by Crippen LogP contribution is 2.29. The standard InChI is InChI=1S/C22H28N2O5/c1-26-18-7-5-17(20(14-18)28-3)15-23-9-11-24(12-10-23)22(25)16-6-8-19(27-2)21(13-16)29-4/h5-8,13-14H,9-12,15H2,1-4H3. The highest BCUT2D eigenvalue weighted by atomic mass is 16.5. The minimum absolute atomic E-state index is 0.00707. The van der Waals surface area contributed by atoms with Gasteiger partial charge in [0.05, 0.1) is 28.4 Å². The maximum Gasteiger partial charge on any atom is 0.254 e. The van der Waals surface area contributed by atoms with Gasteiger partial charge in [0.1, 0.15) is 11.5 Å². The molecule has 0 atom stereocenters. The molecule has 2 aromatic carbocycles. The van der Waals surface area contributed by atoms with Gasteiger partial charge in [-0.15, -0.1) is 0 Å². The number of methoxy groups -OCH3 is 4. The Labute approximate surface area is 171 Å². The number of carbonyl (C=O) groups is 1. The third-order valence-electron chi connectivity index (χ3n) is 5.18. The molecular weight excluding hydrogens is 372 g/mol. The fraction of sp³-hybridized carbons (Fsp3) is 0.409. The molecule has 7 nitrogen and oxygen atoms in total. The van der Waals surface area contributed by atoms with Crippen LogP contribution in [0.15, 0.2) is 36.4 Å². The molecule has 0 bridgehead atoms. The quantitative estimate of drug-likeness (QED) is 0.712. The van der Waals surface area contributed by atoms with E-state index in [-0.39, 0.29) is 5.91 Å². The van der Waals surface area contributed by atoms with Gasteiger partial charge in [0.25, 0.3) is 5.91 Å². The first-order valence-electron chi connectivity index (χ1n) is 9.54. The molecule has 156 valence electrons. The Morgan fingerprint density at radius 2 is 1.48 bits per heavy atom. The fourth-order valence-electron chi connectivity index (χ4n) is 3.48. The van der Waals surface area contributed by atoms with Crippen LogP contribution >= 0.6 is 0 Å². The van der Waals surface area contributed by atoms with Crippen molar-refractivity contribution in [2.75, 3.05) is 54.6 Å². The van der Waals surface area contributed by atoms with Crippen LogP contribution in [0.4, 0.5) is 0 Å². The highest BCUT2D eigenvalue weighted by molar-refractivity contribution is 5.95. The van der Waals surface area contributed by atoms with Crippen LogP contribution in [0.25, 0.3) is 0 Å². The summed E-state index contributed by atoms with van der Waals surface area (Å²) >= 11 is 0. The van der Waals surface area contributed by atoms with Crippen molar-refractivity contribution in [3.05, 3.63) is 47.5 Å². The molecule has 1 saturated heterocycles. The summed E-state index contributed by atoms with van der Waals surface area (Å²) in [5, 5.41) is 0. The van der Waals surface area contributed by atoms with E-state index in [4.69, 9.17) is 18.9 Å². The topological polar surface area (TPSA) is 60.5 Å². The molecule has 0 saturated carbocycles. The van der Waals surface area contributed by atoms with Crippen LogP contribution in [0.3, 0.4) is 0 Å². The molecular formula is C22H28N2O5. The van der Waals surface area contributed by atoms with Crippen molar-refractivity contribution in [2.24, 2.45) is 0 Å². The highest BCUT2D eigenvalue weighted by Gasteiger charge is 2.23. The Bertz CT molecular complexity index is 847. The zero-order valence-electron chi connectivity index (χ0n) is 17.4. The molecule has 0 unspecified atom stereocenters. The van der Waals surface area contributed by atoms with Crippen LogP contribution in [-0.4, -0.2) is 70.3 Å². The molecule has 7 heteroatoms. The Morgan fingerprint density at radius 1 is 0.793 bits per heavy atom. The molecule has 29 heavy (non-hydrogen) atoms. The average Bonchev–Trinajstić information content (AvgIpc) is 2.78. The summed E-state index contributed by atoms with van der Waals surface area (Å²) in [7, 11) is 6.45. The van der Waals surface area contributed by atoms with Gasteiger partial charge in [0.15, 0.2) is 11.5 Å². The SMILES string of the molecule is COc1ccc(CN2CCN(C(=O)c3ccc(OC)c(OC)c3)CC2)c(OC)c1. The van der Waals surface area contributed by atoms with Crippen molar-refractivity contribution in [2.45, 2.75) is 6.54 Å². The number of rotatable bonds is 7. The van der Waals surface area contributed by atoms with E-state index >= 15 is 0 Å². The molecule has 1 aliphatic rings. The number of ether oxygens (including phenoxy) is 4. The van der Waals surface area contributed by atoms with E-state index in [1.807, 2.05) is 23.1 Å². The summed E-state index contributed by atoms with van der Waals surface area (Å²) in [5.74, 6) is 2.77. The number of piperazine rings is 1. The minimum atomic E-state index is 0.00707. The van der Waals surface area contributed by atoms with Crippen LogP contribution < -0.4 is 18.9 Å². The first-order valence-corrected chi connectivity index (χ1v) is 9.54. The smallest absolute Gasteiger partial charge is 0.254 e. The van der Waals surface area contributed by atoms with Crippen LogP contribution in [0, 0.1) is 0 Å². The number of benzene rings is 2. The van der Waals surface area contributed by atoms with Crippen molar-refractivity contribution in [3.63, 3.8) is 0 Å². The molecule has 1 aliphatic heterocycles. The second-order valence-corrected chi connectivity index (χ2v) is 6.82. The lowest BCUT2D eigenvalue weighted by atomic mass is 10.1. The minimum Gasteiger partial charge on any atom is -0.497 e. The van der Waals surface area contributed by atoms with E-state index in [9.17, 15) is 4.79 Å². The van der Waals surface area contributed by atoms with Gasteiger partial charge in [-0.2, -0.15) is 0 Å². The largest absolute Gasteiger partial charge is 0.497 e. The molecule has 2 aromatic rings. The maximum absolute atomic E-state index is 12.9. The van der Waals surface area contributed by atoms with E-state index in [0.29, 0.717) is 30.2 Å². The Morgan fingerprint density at radius 3 is 2.10 bits per heavy atom. The molecule has 0 spiro atoms. The Hall–Kier alpha value is -2.93. The van der Waals surface area contributed by atoms with Gasteiger partial charge in [-0.05, 0) is 24.3 Å². The molecule has 1 fully saturated rings. The Kier molecular flexibility index (Phi) is 6.82. The summed E-state index contributed by atoms with van der Waals surface area (Å²) in [4.78, 5) is 17.1. The van der Waals surface area contributed by atoms with Crippen LogP contribution in [-0.2, 0) is 6.54 Å². The first kappa shape index (κ1) is 20.8. The zero-order valence-corrected chi connectivity index (χ0v) is 17.4. The normalized spacial score (nSPS) is 14.4. The summed E-state index contributed by atoms with van der Waals surface area (Å²) in [6.45, 7) is 3.71. The molecule has 0 N–H and O–H groups in total. The van der Waals surface area contributed by atoms with Gasteiger partial charge in [-0.1, -0.05) is 6.07 Å². The zero-order chi connectivity index (χ0) is 20.8. The molecule has 0 radical (unpaired) electrons. The molecule has 0 aromatic heterocycles. The first-order chi connectivity index (χ1) is 14.1. The van der Waals surface area contributed by atoms with Crippen LogP contribution in [0.5, 0.6) is 23.0 Å². The van der Waals surface area contributed by atoms with Gasteiger partial charge in [-0.3, -0.25) is 9.69 Å². The lowest BCUT2D eigenvalue weighted by Gasteiger charge is -2.35. The Balaban J connectivity index is 1.61. The van der Waals surface area contributed by atoms with Gasteiger partial charge in [0.2, 0.25) is 0 Å². The van der Waals surface area contributed by atoms with Crippen molar-refractivity contribution < 1.29 is 23.7 Å². The van der Waals surface area contributed by atoms with E-state index in [1.165, 1.54) is 0 Å². The van der Waals surface area contributed by atoms with E-state index in [2.05, 4.69) is 4.90 Å². The van der Waals surface area contributed by atoms with Crippen LogP contribution in [0.1, 0.15) is 15.9 Å². The van der Waals surface area contributed by atoms with Gasteiger partial charge >= 0.3 is 0 Å². The average molecular weight is 400 g/mol. The third-order valence-corrected chi connectivity index (χ3v) is 5.18. The second kappa shape index (κ2) is 9.52. The monoisotopic (exact) mass is 400 g/mol. The molecule has 1 heterocycles. The number of carbonyl (C=O) groups excluding carboxylic acids is 1. The van der Waals surface area contributed by atoms with Gasteiger partial charge < -0.3 is 23.8 Å². The van der Waals surface area contributed by atoms with Crippen molar-refractivity contribution >= 4 is 5.91 Å². The summed E-state index contributed by atoms with van der Waals surface area (Å²) in [6.07, 6.45) is 0. The van der Waals surface area contributed by atoms with Gasteiger partial charge in [-0.25, -0.2) is 0 Å². The number of amides is 1. The van der Waals surface area contributed by atoms with Crippen LogP contribution in [0.2, 0.25) is 0 Å². The predicted octanol–water partition coefficient (Wildman–Crippen LogP) is 2.68. The van der Waals surface area contributed by atoms with Gasteiger partial charge in [0, 0.05) is 49.9 Å². The molecule has 0 aliphatic carbocycles. The summed E-state index contributed by atoms with van der Waals surface area (Å²) in [6, 6.07) is 11.1. The number of nitrogens with zero attached hydrogens (tertiary/aromatic N) is 2. The van der Waals surface area contributed by atoms with Crippen molar-refractivity contribution in [3.8, 4) is 23.0 Å². The molecule has 3 rings (SSSR count).